The number of rotatable bonds is 2. The first kappa shape index (κ1) is 21.4. The van der Waals surface area contributed by atoms with Crippen molar-refractivity contribution in [1.82, 2.24) is 15.2 Å². The molecule has 2 aliphatic rings. The predicted molar refractivity (Wildman–Crippen MR) is 94.6 cm³/mol. The zero-order valence-corrected chi connectivity index (χ0v) is 15.4. The molecule has 2 saturated heterocycles. The van der Waals surface area contributed by atoms with Gasteiger partial charge in [0.15, 0.2) is 0 Å². The maximum absolute atomic E-state index is 5.73. The monoisotopic (exact) mass is 375 g/mol. The number of hydrogen-bond acceptors (Lipinski definition) is 5. The summed E-state index contributed by atoms with van der Waals surface area (Å²) in [4.78, 5) is 7.07. The summed E-state index contributed by atoms with van der Waals surface area (Å²) in [6.07, 6.45) is 1.24. The Morgan fingerprint density at radius 2 is 2.24 bits per heavy atom. The van der Waals surface area contributed by atoms with Crippen molar-refractivity contribution in [1.29, 1.82) is 0 Å². The highest BCUT2D eigenvalue weighted by Gasteiger charge is 2.39. The fourth-order valence-electron chi connectivity index (χ4n) is 2.97. The Hall–Kier alpha value is 0.380. The topological polar surface area (TPSA) is 37.4 Å². The van der Waals surface area contributed by atoms with Crippen LogP contribution < -0.4 is 5.32 Å². The Balaban J connectivity index is 0.00000133. The quantitative estimate of drug-likeness (QED) is 0.860. The van der Waals surface area contributed by atoms with E-state index in [4.69, 9.17) is 4.74 Å². The van der Waals surface area contributed by atoms with Crippen LogP contribution in [0.2, 0.25) is 0 Å². The van der Waals surface area contributed by atoms with Gasteiger partial charge in [-0.3, -0.25) is 4.90 Å². The summed E-state index contributed by atoms with van der Waals surface area (Å²) in [7, 11) is 0. The summed E-state index contributed by atoms with van der Waals surface area (Å²) in [6.45, 7) is 9.22. The first-order valence-corrected chi connectivity index (χ1v) is 7.56. The fraction of sp³-hybridized carbons (Fsp3) is 0.769. The van der Waals surface area contributed by atoms with E-state index >= 15 is 0 Å². The minimum Gasteiger partial charge on any atom is -0.379 e. The normalized spacial score (nSPS) is 25.6. The number of nitrogens with zero attached hydrogens (tertiary/aromatic N) is 2. The number of ether oxygens (including phenoxy) is 1. The molecule has 3 heterocycles. The third-order valence-electron chi connectivity index (χ3n) is 3.90. The zero-order valence-electron chi connectivity index (χ0n) is 12.2. The van der Waals surface area contributed by atoms with Crippen LogP contribution >= 0.6 is 48.6 Å². The number of aromatic nitrogens is 1. The molecule has 1 aromatic rings. The van der Waals surface area contributed by atoms with Gasteiger partial charge in [-0.15, -0.1) is 48.6 Å². The van der Waals surface area contributed by atoms with E-state index in [9.17, 15) is 0 Å². The second kappa shape index (κ2) is 9.50. The van der Waals surface area contributed by atoms with Gasteiger partial charge in [-0.1, -0.05) is 0 Å². The summed E-state index contributed by atoms with van der Waals surface area (Å²) in [5, 5.41) is 6.85. The van der Waals surface area contributed by atoms with Crippen LogP contribution in [-0.2, 0) is 11.3 Å². The third-order valence-corrected chi connectivity index (χ3v) is 4.72. The molecule has 8 heteroatoms. The minimum atomic E-state index is 0. The van der Waals surface area contributed by atoms with E-state index < -0.39 is 0 Å². The molecule has 0 amide bonds. The molecule has 4 nitrogen and oxygen atoms in total. The van der Waals surface area contributed by atoms with E-state index in [1.54, 1.807) is 11.3 Å². The molecule has 124 valence electrons. The minimum absolute atomic E-state index is 0. The van der Waals surface area contributed by atoms with Crippen molar-refractivity contribution < 1.29 is 4.74 Å². The number of likely N-dealkylation sites (tertiary alicyclic amines) is 1. The molecular weight excluding hydrogens is 353 g/mol. The Morgan fingerprint density at radius 3 is 2.95 bits per heavy atom. The van der Waals surface area contributed by atoms with Crippen molar-refractivity contribution in [3.63, 3.8) is 0 Å². The van der Waals surface area contributed by atoms with E-state index in [2.05, 4.69) is 27.5 Å². The Morgan fingerprint density at radius 1 is 1.43 bits per heavy atom. The van der Waals surface area contributed by atoms with Crippen LogP contribution in [0.15, 0.2) is 5.38 Å². The van der Waals surface area contributed by atoms with Crippen LogP contribution in [0, 0.1) is 12.3 Å². The molecule has 0 saturated carbocycles. The van der Waals surface area contributed by atoms with E-state index in [1.165, 1.54) is 23.7 Å². The van der Waals surface area contributed by atoms with E-state index in [0.717, 1.165) is 39.4 Å². The largest absolute Gasteiger partial charge is 0.379 e. The fourth-order valence-corrected chi connectivity index (χ4v) is 3.58. The van der Waals surface area contributed by atoms with Gasteiger partial charge in [0.25, 0.3) is 0 Å². The second-order valence-electron chi connectivity index (χ2n) is 5.55. The van der Waals surface area contributed by atoms with Crippen molar-refractivity contribution in [2.75, 3.05) is 39.4 Å². The number of hydrogen-bond donors (Lipinski definition) is 1. The first-order chi connectivity index (χ1) is 8.76. The summed E-state index contributed by atoms with van der Waals surface area (Å²) in [6, 6.07) is 0. The summed E-state index contributed by atoms with van der Waals surface area (Å²) >= 11 is 1.74. The first-order valence-electron chi connectivity index (χ1n) is 6.68. The van der Waals surface area contributed by atoms with Crippen molar-refractivity contribution in [3.05, 3.63) is 16.1 Å². The highest BCUT2D eigenvalue weighted by molar-refractivity contribution is 7.09. The average molecular weight is 377 g/mol. The van der Waals surface area contributed by atoms with Crippen LogP contribution in [-0.4, -0.2) is 49.3 Å². The zero-order chi connectivity index (χ0) is 12.4. The van der Waals surface area contributed by atoms with E-state index in [1.807, 2.05) is 0 Å². The second-order valence-corrected chi connectivity index (χ2v) is 6.61. The number of aryl methyl sites for hydroxylation is 1. The van der Waals surface area contributed by atoms with E-state index in [0.29, 0.717) is 5.41 Å². The van der Waals surface area contributed by atoms with Crippen molar-refractivity contribution in [2.45, 2.75) is 19.9 Å². The maximum atomic E-state index is 5.73. The van der Waals surface area contributed by atoms with Gasteiger partial charge < -0.3 is 10.1 Å². The molecule has 0 aromatic carbocycles. The lowest BCUT2D eigenvalue weighted by Gasteiger charge is -2.26. The molecule has 1 aromatic heterocycles. The Bertz CT molecular complexity index is 411. The van der Waals surface area contributed by atoms with Crippen molar-refractivity contribution in [2.24, 2.45) is 5.41 Å². The van der Waals surface area contributed by atoms with Crippen LogP contribution in [0.3, 0.4) is 0 Å². The molecule has 1 spiro atoms. The van der Waals surface area contributed by atoms with Crippen molar-refractivity contribution >= 4 is 48.6 Å². The lowest BCUT2D eigenvalue weighted by atomic mass is 9.88. The molecule has 1 N–H and O–H groups in total. The van der Waals surface area contributed by atoms with E-state index in [-0.39, 0.29) is 37.2 Å². The van der Waals surface area contributed by atoms with Crippen LogP contribution in [0.5, 0.6) is 0 Å². The van der Waals surface area contributed by atoms with Gasteiger partial charge in [-0.2, -0.15) is 0 Å². The molecule has 0 radical (unpaired) electrons. The van der Waals surface area contributed by atoms with Crippen molar-refractivity contribution in [3.8, 4) is 0 Å². The lowest BCUT2D eigenvalue weighted by Crippen LogP contribution is -2.38. The standard InChI is InChI=1S/C13H21N3OS.3ClH/c1-11-15-12(7-18-11)6-16-4-2-13(9-16)8-14-3-5-17-10-13;;;/h7,14H,2-6,8-10H2,1H3;3*1H. The number of nitrogens with one attached hydrogen (secondary N) is 1. The maximum Gasteiger partial charge on any atom is 0.0897 e. The highest BCUT2D eigenvalue weighted by Crippen LogP contribution is 2.32. The van der Waals surface area contributed by atoms with Crippen LogP contribution in [0.25, 0.3) is 0 Å². The smallest absolute Gasteiger partial charge is 0.0897 e. The molecule has 1 atom stereocenters. The molecular formula is C13H24Cl3N3OS. The molecule has 1 unspecified atom stereocenters. The van der Waals surface area contributed by atoms with Gasteiger partial charge in [-0.25, -0.2) is 4.98 Å². The molecule has 0 bridgehead atoms. The van der Waals surface area contributed by atoms with Gasteiger partial charge >= 0.3 is 0 Å². The van der Waals surface area contributed by atoms with Crippen LogP contribution in [0.4, 0.5) is 0 Å². The van der Waals surface area contributed by atoms with Crippen LogP contribution in [0.1, 0.15) is 17.1 Å². The van der Waals surface area contributed by atoms with Gasteiger partial charge in [0.1, 0.15) is 0 Å². The summed E-state index contributed by atoms with van der Waals surface area (Å²) in [5.41, 5.74) is 1.55. The summed E-state index contributed by atoms with van der Waals surface area (Å²) in [5.74, 6) is 0. The number of halogens is 3. The molecule has 2 aliphatic heterocycles. The Kier molecular flexibility index (Phi) is 9.68. The van der Waals surface area contributed by atoms with Gasteiger partial charge in [0.05, 0.1) is 23.9 Å². The average Bonchev–Trinajstić information content (AvgIpc) is 2.83. The molecule has 0 aliphatic carbocycles. The molecule has 2 fully saturated rings. The predicted octanol–water partition coefficient (Wildman–Crippen LogP) is 2.53. The number of thiazole rings is 1. The van der Waals surface area contributed by atoms with Gasteiger partial charge in [0, 0.05) is 37.0 Å². The molecule has 21 heavy (non-hydrogen) atoms. The Labute approximate surface area is 149 Å². The van der Waals surface area contributed by atoms with Gasteiger partial charge in [-0.05, 0) is 19.9 Å². The van der Waals surface area contributed by atoms with Gasteiger partial charge in [0.2, 0.25) is 0 Å². The third kappa shape index (κ3) is 5.50. The molecule has 3 rings (SSSR count). The SMILES string of the molecule is Cc1nc(CN2CCC3(CNCCOC3)C2)cs1.Cl.Cl.Cl. The summed E-state index contributed by atoms with van der Waals surface area (Å²) < 4.78 is 5.73. The highest BCUT2D eigenvalue weighted by atomic mass is 35.5. The lowest BCUT2D eigenvalue weighted by molar-refractivity contribution is 0.0727.